The minimum absolute atomic E-state index is 0.299. The molecule has 4 heteroatoms. The summed E-state index contributed by atoms with van der Waals surface area (Å²) in [7, 11) is 1.33. The number of carbonyl (C=O) groups is 1. The molecule has 0 bridgehead atoms. The molecule has 1 aliphatic heterocycles. The predicted octanol–water partition coefficient (Wildman–Crippen LogP) is 1.80. The monoisotopic (exact) mass is 200 g/mol. The zero-order valence-electron chi connectivity index (χ0n) is 8.10. The Bertz CT molecular complexity index is 486. The standard InChI is InChI=1S/C11H8N2O2/c1-15-11(14)7-2-3-9-8(5-12)6-13-10(9)4-7/h2-4,6,8H,1H3/t8-/m1/s1. The summed E-state index contributed by atoms with van der Waals surface area (Å²) in [5.41, 5.74) is 1.96. The number of carbonyl (C=O) groups excluding carboxylic acids is 1. The first kappa shape index (κ1) is 9.41. The lowest BCUT2D eigenvalue weighted by atomic mass is 10.0. The van der Waals surface area contributed by atoms with Crippen molar-refractivity contribution in [2.45, 2.75) is 5.92 Å². The lowest BCUT2D eigenvalue weighted by molar-refractivity contribution is 0.0601. The Balaban J connectivity index is 2.42. The van der Waals surface area contributed by atoms with Crippen LogP contribution in [0.4, 0.5) is 5.69 Å². The van der Waals surface area contributed by atoms with E-state index >= 15 is 0 Å². The average molecular weight is 200 g/mol. The third-order valence-electron chi connectivity index (χ3n) is 2.29. The van der Waals surface area contributed by atoms with Crippen molar-refractivity contribution >= 4 is 17.9 Å². The number of rotatable bonds is 1. The van der Waals surface area contributed by atoms with Crippen LogP contribution in [-0.4, -0.2) is 19.3 Å². The summed E-state index contributed by atoms with van der Waals surface area (Å²) >= 11 is 0. The van der Waals surface area contributed by atoms with Gasteiger partial charge in [-0.3, -0.25) is 4.99 Å². The van der Waals surface area contributed by atoms with E-state index in [0.29, 0.717) is 11.3 Å². The van der Waals surface area contributed by atoms with Crippen molar-refractivity contribution in [3.63, 3.8) is 0 Å². The molecule has 4 nitrogen and oxygen atoms in total. The largest absolute Gasteiger partial charge is 0.465 e. The molecule has 1 atom stereocenters. The molecule has 2 rings (SSSR count). The van der Waals surface area contributed by atoms with Crippen LogP contribution in [0.5, 0.6) is 0 Å². The number of methoxy groups -OCH3 is 1. The molecule has 0 spiro atoms. The number of nitriles is 1. The topological polar surface area (TPSA) is 62.4 Å². The van der Waals surface area contributed by atoms with Gasteiger partial charge in [-0.05, 0) is 12.1 Å². The fourth-order valence-electron chi connectivity index (χ4n) is 1.50. The summed E-state index contributed by atoms with van der Waals surface area (Å²) < 4.78 is 4.59. The number of aliphatic imine (C=N–C) groups is 1. The number of hydrogen-bond acceptors (Lipinski definition) is 4. The SMILES string of the molecule is COC(=O)c1ccc2c(c1)N=C[C@H]2C#N. The fraction of sp³-hybridized carbons (Fsp3) is 0.182. The van der Waals surface area contributed by atoms with E-state index in [4.69, 9.17) is 5.26 Å². The Morgan fingerprint density at radius 1 is 1.60 bits per heavy atom. The quantitative estimate of drug-likeness (QED) is 0.649. The molecule has 0 N–H and O–H groups in total. The Morgan fingerprint density at radius 3 is 3.07 bits per heavy atom. The number of esters is 1. The van der Waals surface area contributed by atoms with Gasteiger partial charge in [0.05, 0.1) is 24.4 Å². The first-order valence-electron chi connectivity index (χ1n) is 4.42. The zero-order chi connectivity index (χ0) is 10.8. The number of nitrogens with zero attached hydrogens (tertiary/aromatic N) is 2. The highest BCUT2D eigenvalue weighted by Gasteiger charge is 2.19. The van der Waals surface area contributed by atoms with E-state index in [-0.39, 0.29) is 5.92 Å². The third kappa shape index (κ3) is 1.48. The average Bonchev–Trinajstić information content (AvgIpc) is 2.69. The van der Waals surface area contributed by atoms with Crippen LogP contribution in [0, 0.1) is 11.3 Å². The molecule has 0 aromatic heterocycles. The van der Waals surface area contributed by atoms with Gasteiger partial charge < -0.3 is 4.74 Å². The molecule has 1 aromatic carbocycles. The van der Waals surface area contributed by atoms with Crippen LogP contribution in [-0.2, 0) is 4.74 Å². The molecule has 0 saturated carbocycles. The van der Waals surface area contributed by atoms with Crippen LogP contribution in [0.2, 0.25) is 0 Å². The summed E-state index contributed by atoms with van der Waals surface area (Å²) in [5, 5.41) is 8.80. The number of fused-ring (bicyclic) bond motifs is 1. The van der Waals surface area contributed by atoms with Gasteiger partial charge in [0.2, 0.25) is 0 Å². The molecule has 0 aliphatic carbocycles. The van der Waals surface area contributed by atoms with Gasteiger partial charge in [-0.15, -0.1) is 0 Å². The molecule has 0 radical (unpaired) electrons. The number of benzene rings is 1. The Kier molecular flexibility index (Phi) is 2.22. The number of ether oxygens (including phenoxy) is 1. The van der Waals surface area contributed by atoms with Crippen molar-refractivity contribution in [3.8, 4) is 6.07 Å². The van der Waals surface area contributed by atoms with Crippen molar-refractivity contribution in [2.24, 2.45) is 4.99 Å². The molecule has 1 aromatic rings. The number of hydrogen-bond donors (Lipinski definition) is 0. The maximum absolute atomic E-state index is 11.2. The summed E-state index contributed by atoms with van der Waals surface area (Å²) in [6.07, 6.45) is 1.58. The van der Waals surface area contributed by atoms with E-state index in [9.17, 15) is 4.79 Å². The molecule has 0 saturated heterocycles. The van der Waals surface area contributed by atoms with Crippen molar-refractivity contribution in [2.75, 3.05) is 7.11 Å². The van der Waals surface area contributed by atoms with E-state index < -0.39 is 5.97 Å². The highest BCUT2D eigenvalue weighted by atomic mass is 16.5. The summed E-state index contributed by atoms with van der Waals surface area (Å²) in [5.74, 6) is -0.694. The van der Waals surface area contributed by atoms with Crippen LogP contribution in [0.15, 0.2) is 23.2 Å². The summed E-state index contributed by atoms with van der Waals surface area (Å²) in [4.78, 5) is 15.3. The van der Waals surface area contributed by atoms with Gasteiger partial charge in [-0.25, -0.2) is 4.79 Å². The van der Waals surface area contributed by atoms with Gasteiger partial charge in [0.1, 0.15) is 5.92 Å². The van der Waals surface area contributed by atoms with Gasteiger partial charge >= 0.3 is 5.97 Å². The zero-order valence-corrected chi connectivity index (χ0v) is 8.10. The van der Waals surface area contributed by atoms with E-state index in [0.717, 1.165) is 5.56 Å². The third-order valence-corrected chi connectivity index (χ3v) is 2.29. The van der Waals surface area contributed by atoms with E-state index in [1.54, 1.807) is 24.4 Å². The van der Waals surface area contributed by atoms with Crippen molar-refractivity contribution in [3.05, 3.63) is 29.3 Å². The smallest absolute Gasteiger partial charge is 0.337 e. The molecule has 15 heavy (non-hydrogen) atoms. The fourth-order valence-corrected chi connectivity index (χ4v) is 1.50. The lowest BCUT2D eigenvalue weighted by Crippen LogP contribution is -2.01. The van der Waals surface area contributed by atoms with Crippen LogP contribution >= 0.6 is 0 Å². The van der Waals surface area contributed by atoms with Gasteiger partial charge in [0.15, 0.2) is 0 Å². The molecule has 0 unspecified atom stereocenters. The van der Waals surface area contributed by atoms with Gasteiger partial charge in [0.25, 0.3) is 0 Å². The molecule has 1 heterocycles. The molecular weight excluding hydrogens is 192 g/mol. The molecule has 74 valence electrons. The van der Waals surface area contributed by atoms with Gasteiger partial charge in [-0.2, -0.15) is 5.26 Å². The van der Waals surface area contributed by atoms with Crippen molar-refractivity contribution in [1.82, 2.24) is 0 Å². The highest BCUT2D eigenvalue weighted by Crippen LogP contribution is 2.32. The maximum atomic E-state index is 11.2. The van der Waals surface area contributed by atoms with Crippen LogP contribution in [0.1, 0.15) is 21.8 Å². The molecule has 1 aliphatic rings. The normalized spacial score (nSPS) is 16.9. The van der Waals surface area contributed by atoms with E-state index in [1.807, 2.05) is 0 Å². The molecule has 0 fully saturated rings. The van der Waals surface area contributed by atoms with Gasteiger partial charge in [-0.1, -0.05) is 6.07 Å². The first-order valence-corrected chi connectivity index (χ1v) is 4.42. The van der Waals surface area contributed by atoms with Crippen LogP contribution < -0.4 is 0 Å². The lowest BCUT2D eigenvalue weighted by Gasteiger charge is -2.03. The minimum Gasteiger partial charge on any atom is -0.465 e. The van der Waals surface area contributed by atoms with Crippen molar-refractivity contribution in [1.29, 1.82) is 5.26 Å². The van der Waals surface area contributed by atoms with Crippen LogP contribution in [0.3, 0.4) is 0 Å². The van der Waals surface area contributed by atoms with Gasteiger partial charge in [0, 0.05) is 11.8 Å². The summed E-state index contributed by atoms with van der Waals surface area (Å²) in [6.45, 7) is 0. The summed E-state index contributed by atoms with van der Waals surface area (Å²) in [6, 6.07) is 7.13. The second kappa shape index (κ2) is 3.54. The molecule has 0 amide bonds. The van der Waals surface area contributed by atoms with E-state index in [1.165, 1.54) is 7.11 Å². The molecular formula is C11H8N2O2. The Labute approximate surface area is 86.8 Å². The van der Waals surface area contributed by atoms with Crippen LogP contribution in [0.25, 0.3) is 0 Å². The predicted molar refractivity (Wildman–Crippen MR) is 54.3 cm³/mol. The Morgan fingerprint density at radius 2 is 2.40 bits per heavy atom. The maximum Gasteiger partial charge on any atom is 0.337 e. The van der Waals surface area contributed by atoms with E-state index in [2.05, 4.69) is 15.8 Å². The highest BCUT2D eigenvalue weighted by molar-refractivity contribution is 5.92. The first-order chi connectivity index (χ1) is 7.26. The van der Waals surface area contributed by atoms with Crippen molar-refractivity contribution < 1.29 is 9.53 Å². The second-order valence-electron chi connectivity index (χ2n) is 3.15. The minimum atomic E-state index is -0.395. The Hall–Kier alpha value is -2.15. The second-order valence-corrected chi connectivity index (χ2v) is 3.15.